The highest BCUT2D eigenvalue weighted by atomic mass is 79.9. The monoisotopic (exact) mass is 418 g/mol. The van der Waals surface area contributed by atoms with E-state index < -0.39 is 0 Å². The summed E-state index contributed by atoms with van der Waals surface area (Å²) >= 11 is 0. The fraction of sp³-hybridized carbons (Fsp3) is 0.850. The molecule has 0 aromatic carbocycles. The molecule has 0 aliphatic carbocycles. The first-order chi connectivity index (χ1) is 11.7. The second-order valence-corrected chi connectivity index (χ2v) is 7.14. The maximum Gasteiger partial charge on any atom is 0.410 e. The number of amides is 1. The molecule has 1 amide bonds. The normalized spacial score (nSPS) is 16.2. The van der Waals surface area contributed by atoms with Gasteiger partial charge in [0.15, 0.2) is 0 Å². The van der Waals surface area contributed by atoms with Gasteiger partial charge in [0.2, 0.25) is 0 Å². The zero-order valence-electron chi connectivity index (χ0n) is 16.5. The van der Waals surface area contributed by atoms with Crippen LogP contribution in [0.15, 0.2) is 12.7 Å². The highest BCUT2D eigenvalue weighted by molar-refractivity contribution is 5.67. The lowest BCUT2D eigenvalue weighted by Gasteiger charge is -2.44. The van der Waals surface area contributed by atoms with E-state index in [-0.39, 0.29) is 23.1 Å². The zero-order chi connectivity index (χ0) is 17.7. The lowest BCUT2D eigenvalue weighted by atomic mass is 10.1. The molecular formula is C20H39BrN2O2. The highest BCUT2D eigenvalue weighted by Gasteiger charge is 2.33. The molecule has 1 heterocycles. The molecule has 0 N–H and O–H groups in total. The average Bonchev–Trinajstić information content (AvgIpc) is 2.58. The SMILES string of the molecule is C=CC[N+]1(CCCCCCCCCC)CCN(C(=O)OCC)CC1.[Br-]. The Labute approximate surface area is 165 Å². The average molecular weight is 419 g/mol. The summed E-state index contributed by atoms with van der Waals surface area (Å²) in [6.07, 6.45) is 12.8. The number of halogens is 1. The Morgan fingerprint density at radius 1 is 1.04 bits per heavy atom. The van der Waals surface area contributed by atoms with E-state index in [9.17, 15) is 4.79 Å². The number of nitrogens with zero attached hydrogens (tertiary/aromatic N) is 2. The Hall–Kier alpha value is -0.550. The third-order valence-corrected chi connectivity index (χ3v) is 5.22. The summed E-state index contributed by atoms with van der Waals surface area (Å²) in [5.41, 5.74) is 0. The van der Waals surface area contributed by atoms with Crippen LogP contribution < -0.4 is 17.0 Å². The Kier molecular flexibility index (Phi) is 14.3. The third-order valence-electron chi connectivity index (χ3n) is 5.22. The Bertz CT molecular complexity index is 356. The molecule has 4 nitrogen and oxygen atoms in total. The van der Waals surface area contributed by atoms with E-state index in [1.54, 1.807) is 0 Å². The smallest absolute Gasteiger partial charge is 0.410 e. The molecule has 0 aromatic heterocycles. The summed E-state index contributed by atoms with van der Waals surface area (Å²) in [5.74, 6) is 0. The lowest BCUT2D eigenvalue weighted by molar-refractivity contribution is -0.926. The van der Waals surface area contributed by atoms with Gasteiger partial charge in [0, 0.05) is 0 Å². The number of rotatable bonds is 12. The van der Waals surface area contributed by atoms with Crippen LogP contribution in [0.25, 0.3) is 0 Å². The molecule has 0 atom stereocenters. The van der Waals surface area contributed by atoms with E-state index in [0.29, 0.717) is 6.61 Å². The summed E-state index contributed by atoms with van der Waals surface area (Å²) in [6, 6.07) is 0. The van der Waals surface area contributed by atoms with E-state index in [4.69, 9.17) is 4.74 Å². The van der Waals surface area contributed by atoms with Crippen molar-refractivity contribution in [2.45, 2.75) is 65.2 Å². The molecular weight excluding hydrogens is 380 g/mol. The molecule has 0 saturated carbocycles. The van der Waals surface area contributed by atoms with E-state index in [2.05, 4.69) is 13.5 Å². The molecule has 1 saturated heterocycles. The van der Waals surface area contributed by atoms with E-state index in [1.165, 1.54) is 57.9 Å². The number of hydrogen-bond acceptors (Lipinski definition) is 2. The van der Waals surface area contributed by atoms with Gasteiger partial charge in [-0.3, -0.25) is 4.90 Å². The predicted molar refractivity (Wildman–Crippen MR) is 101 cm³/mol. The highest BCUT2D eigenvalue weighted by Crippen LogP contribution is 2.17. The molecule has 148 valence electrons. The lowest BCUT2D eigenvalue weighted by Crippen LogP contribution is -3.00. The second-order valence-electron chi connectivity index (χ2n) is 7.14. The summed E-state index contributed by atoms with van der Waals surface area (Å²) < 4.78 is 6.22. The second kappa shape index (κ2) is 14.6. The van der Waals surface area contributed by atoms with Gasteiger partial charge in [-0.15, -0.1) is 0 Å². The van der Waals surface area contributed by atoms with Gasteiger partial charge in [-0.25, -0.2) is 4.79 Å². The van der Waals surface area contributed by atoms with Crippen LogP contribution in [0.2, 0.25) is 0 Å². The number of carbonyl (C=O) groups excluding carboxylic acids is 1. The number of hydrogen-bond donors (Lipinski definition) is 0. The number of unbranched alkanes of at least 4 members (excludes halogenated alkanes) is 7. The molecule has 0 bridgehead atoms. The predicted octanol–water partition coefficient (Wildman–Crippen LogP) is 1.61. The molecule has 1 aliphatic rings. The quantitative estimate of drug-likeness (QED) is 0.273. The van der Waals surface area contributed by atoms with Crippen molar-refractivity contribution in [1.82, 2.24) is 4.90 Å². The first-order valence-electron chi connectivity index (χ1n) is 10.0. The Balaban J connectivity index is 0.00000576. The molecule has 0 unspecified atom stereocenters. The van der Waals surface area contributed by atoms with Crippen molar-refractivity contribution in [2.24, 2.45) is 0 Å². The maximum absolute atomic E-state index is 11.9. The van der Waals surface area contributed by atoms with Crippen LogP contribution in [0.5, 0.6) is 0 Å². The van der Waals surface area contributed by atoms with Crippen LogP contribution in [0, 0.1) is 0 Å². The summed E-state index contributed by atoms with van der Waals surface area (Å²) in [7, 11) is 0. The molecule has 5 heteroatoms. The van der Waals surface area contributed by atoms with Crippen molar-refractivity contribution in [1.29, 1.82) is 0 Å². The van der Waals surface area contributed by atoms with Crippen LogP contribution in [0.3, 0.4) is 0 Å². The van der Waals surface area contributed by atoms with Crippen molar-refractivity contribution < 1.29 is 31.0 Å². The summed E-state index contributed by atoms with van der Waals surface area (Å²) in [6.45, 7) is 14.5. The third kappa shape index (κ3) is 9.64. The van der Waals surface area contributed by atoms with Gasteiger partial charge in [0.1, 0.15) is 0 Å². The van der Waals surface area contributed by atoms with E-state index in [1.807, 2.05) is 17.9 Å². The first-order valence-corrected chi connectivity index (χ1v) is 10.0. The van der Waals surface area contributed by atoms with E-state index in [0.717, 1.165) is 37.2 Å². The number of ether oxygens (including phenoxy) is 1. The van der Waals surface area contributed by atoms with Gasteiger partial charge in [0.05, 0.1) is 45.9 Å². The minimum absolute atomic E-state index is 0. The van der Waals surface area contributed by atoms with Crippen LogP contribution >= 0.6 is 0 Å². The Morgan fingerprint density at radius 2 is 1.60 bits per heavy atom. The molecule has 0 radical (unpaired) electrons. The van der Waals surface area contributed by atoms with Gasteiger partial charge in [-0.05, 0) is 25.8 Å². The molecule has 1 rings (SSSR count). The minimum Gasteiger partial charge on any atom is -1.00 e. The first kappa shape index (κ1) is 24.5. The molecule has 1 aliphatic heterocycles. The van der Waals surface area contributed by atoms with Crippen molar-refractivity contribution in [3.05, 3.63) is 12.7 Å². The molecule has 0 spiro atoms. The summed E-state index contributed by atoms with van der Waals surface area (Å²) in [5, 5.41) is 0. The van der Waals surface area contributed by atoms with Crippen LogP contribution in [-0.2, 0) is 4.74 Å². The van der Waals surface area contributed by atoms with E-state index >= 15 is 0 Å². The van der Waals surface area contributed by atoms with Gasteiger partial charge in [0.25, 0.3) is 0 Å². The fourth-order valence-corrected chi connectivity index (χ4v) is 3.64. The summed E-state index contributed by atoms with van der Waals surface area (Å²) in [4.78, 5) is 13.7. The molecule has 25 heavy (non-hydrogen) atoms. The minimum atomic E-state index is -0.152. The number of piperazine rings is 1. The maximum atomic E-state index is 11.9. The molecule has 0 aromatic rings. The van der Waals surface area contributed by atoms with Crippen molar-refractivity contribution >= 4 is 6.09 Å². The largest absolute Gasteiger partial charge is 1.00 e. The van der Waals surface area contributed by atoms with Crippen LogP contribution in [0.1, 0.15) is 65.2 Å². The topological polar surface area (TPSA) is 29.5 Å². The van der Waals surface area contributed by atoms with Gasteiger partial charge >= 0.3 is 6.09 Å². The van der Waals surface area contributed by atoms with Gasteiger partial charge in [-0.1, -0.05) is 52.0 Å². The Morgan fingerprint density at radius 3 is 2.12 bits per heavy atom. The fourth-order valence-electron chi connectivity index (χ4n) is 3.64. The van der Waals surface area contributed by atoms with Gasteiger partial charge in [-0.2, -0.15) is 0 Å². The van der Waals surface area contributed by atoms with Crippen LogP contribution in [0.4, 0.5) is 4.79 Å². The van der Waals surface area contributed by atoms with Crippen LogP contribution in [-0.4, -0.2) is 61.4 Å². The van der Waals surface area contributed by atoms with Crippen molar-refractivity contribution in [3.63, 3.8) is 0 Å². The number of carbonyl (C=O) groups is 1. The molecule has 1 fully saturated rings. The van der Waals surface area contributed by atoms with Crippen molar-refractivity contribution in [2.75, 3.05) is 45.9 Å². The number of quaternary nitrogens is 1. The standard InChI is InChI=1S/C20H39N2O2.BrH/c1-4-7-8-9-10-11-12-13-17-22(16-5-2)18-14-21(15-19-22)20(23)24-6-3;/h5H,2,4,6-19H2,1,3H3;1H/q+1;/p-1. The zero-order valence-corrected chi connectivity index (χ0v) is 18.1. The van der Waals surface area contributed by atoms with Crippen molar-refractivity contribution in [3.8, 4) is 0 Å². The van der Waals surface area contributed by atoms with Gasteiger partial charge < -0.3 is 26.2 Å².